The zero-order chi connectivity index (χ0) is 29.6. The van der Waals surface area contributed by atoms with Crippen LogP contribution < -0.4 is 0 Å². The average molecular weight is 579 g/mol. The molecule has 9 atom stereocenters. The van der Waals surface area contributed by atoms with Crippen LogP contribution >= 0.6 is 0 Å². The topological polar surface area (TPSA) is 44.8 Å². The SMILES string of the molecule is CC[C@]1(C)C2CC[C@@]3(C)C(CC[C@@H]3[C@H](C)CCC(=O)OC)[C@@H]2C(O[Si](C)(C)C)=C[C@]1(C)C[C@@H](C)O[Si](C)(C)C. The van der Waals surface area contributed by atoms with E-state index in [0.29, 0.717) is 41.4 Å². The van der Waals surface area contributed by atoms with Crippen molar-refractivity contribution in [1.29, 1.82) is 0 Å². The molecule has 3 rings (SSSR count). The van der Waals surface area contributed by atoms with Crippen LogP contribution in [0.25, 0.3) is 0 Å². The van der Waals surface area contributed by atoms with Gasteiger partial charge in [0.2, 0.25) is 8.32 Å². The average Bonchev–Trinajstić information content (AvgIpc) is 3.14. The van der Waals surface area contributed by atoms with Crippen molar-refractivity contribution in [2.45, 2.75) is 138 Å². The van der Waals surface area contributed by atoms with Gasteiger partial charge in [-0.25, -0.2) is 0 Å². The Balaban J connectivity index is 2.02. The summed E-state index contributed by atoms with van der Waals surface area (Å²) in [6.07, 6.45) is 11.7. The third-order valence-electron chi connectivity index (χ3n) is 11.4. The van der Waals surface area contributed by atoms with Gasteiger partial charge in [-0.05, 0) is 137 Å². The van der Waals surface area contributed by atoms with Gasteiger partial charge in [0, 0.05) is 18.4 Å². The fourth-order valence-electron chi connectivity index (χ4n) is 9.53. The second-order valence-corrected chi connectivity index (χ2v) is 25.1. The van der Waals surface area contributed by atoms with E-state index in [2.05, 4.69) is 86.9 Å². The number of carbonyl (C=O) groups excluding carboxylic acids is 1. The Morgan fingerprint density at radius 1 is 1.00 bits per heavy atom. The predicted molar refractivity (Wildman–Crippen MR) is 168 cm³/mol. The van der Waals surface area contributed by atoms with E-state index in [1.165, 1.54) is 45.0 Å². The van der Waals surface area contributed by atoms with Crippen LogP contribution in [-0.4, -0.2) is 35.8 Å². The molecule has 39 heavy (non-hydrogen) atoms. The van der Waals surface area contributed by atoms with E-state index < -0.39 is 16.6 Å². The van der Waals surface area contributed by atoms with Gasteiger partial charge in [-0.1, -0.05) is 34.6 Å². The van der Waals surface area contributed by atoms with Crippen molar-refractivity contribution in [3.05, 3.63) is 11.8 Å². The fraction of sp³-hybridized carbons (Fsp3) is 0.909. The molecule has 2 fully saturated rings. The van der Waals surface area contributed by atoms with Gasteiger partial charge < -0.3 is 13.6 Å². The predicted octanol–water partition coefficient (Wildman–Crippen LogP) is 9.44. The van der Waals surface area contributed by atoms with Crippen LogP contribution in [-0.2, 0) is 18.4 Å². The largest absolute Gasteiger partial charge is 0.547 e. The number of rotatable bonds is 11. The summed E-state index contributed by atoms with van der Waals surface area (Å²) in [5, 5.41) is 0. The first-order chi connectivity index (χ1) is 17.8. The summed E-state index contributed by atoms with van der Waals surface area (Å²) in [5.74, 6) is 4.22. The normalized spacial score (nSPS) is 38.3. The summed E-state index contributed by atoms with van der Waals surface area (Å²) >= 11 is 0. The number of esters is 1. The highest BCUT2D eigenvalue weighted by Gasteiger charge is 2.63. The maximum atomic E-state index is 11.9. The number of hydrogen-bond donors (Lipinski definition) is 0. The quantitative estimate of drug-likeness (QED) is 0.181. The number of fused-ring (bicyclic) bond motifs is 3. The molecule has 0 bridgehead atoms. The van der Waals surface area contributed by atoms with Gasteiger partial charge in [0.25, 0.3) is 0 Å². The van der Waals surface area contributed by atoms with Crippen LogP contribution in [0.5, 0.6) is 0 Å². The zero-order valence-corrected chi connectivity index (χ0v) is 29.8. The second-order valence-electron chi connectivity index (χ2n) is 16.3. The molecule has 0 heterocycles. The van der Waals surface area contributed by atoms with E-state index in [1.54, 1.807) is 0 Å². The molecule has 3 aliphatic carbocycles. The number of ether oxygens (including phenoxy) is 1. The minimum absolute atomic E-state index is 0.0382. The molecule has 0 saturated heterocycles. The molecule has 2 unspecified atom stereocenters. The molecule has 4 nitrogen and oxygen atoms in total. The second kappa shape index (κ2) is 11.6. The van der Waals surface area contributed by atoms with Gasteiger partial charge in [0.1, 0.15) is 0 Å². The Bertz CT molecular complexity index is 904. The lowest BCUT2D eigenvalue weighted by molar-refractivity contribution is -0.141. The van der Waals surface area contributed by atoms with Gasteiger partial charge in [-0.3, -0.25) is 4.79 Å². The van der Waals surface area contributed by atoms with Gasteiger partial charge in [-0.15, -0.1) is 0 Å². The lowest BCUT2D eigenvalue weighted by Crippen LogP contribution is -2.56. The van der Waals surface area contributed by atoms with Gasteiger partial charge in [-0.2, -0.15) is 0 Å². The molecule has 2 saturated carbocycles. The van der Waals surface area contributed by atoms with Crippen LogP contribution in [0.1, 0.15) is 92.9 Å². The Kier molecular flexibility index (Phi) is 9.78. The molecule has 0 amide bonds. The first-order valence-electron chi connectivity index (χ1n) is 16.0. The first-order valence-corrected chi connectivity index (χ1v) is 22.8. The van der Waals surface area contributed by atoms with Gasteiger partial charge in [0.15, 0.2) is 8.32 Å². The first kappa shape index (κ1) is 32.9. The highest BCUT2D eigenvalue weighted by atomic mass is 28.4. The Hall–Kier alpha value is -0.596. The van der Waals surface area contributed by atoms with Crippen LogP contribution in [0.2, 0.25) is 39.3 Å². The Morgan fingerprint density at radius 2 is 1.64 bits per heavy atom. The number of carbonyl (C=O) groups is 1. The van der Waals surface area contributed by atoms with E-state index in [0.717, 1.165) is 12.8 Å². The minimum atomic E-state index is -1.80. The van der Waals surface area contributed by atoms with Crippen molar-refractivity contribution >= 4 is 22.6 Å². The van der Waals surface area contributed by atoms with Gasteiger partial charge >= 0.3 is 5.97 Å². The van der Waals surface area contributed by atoms with Crippen LogP contribution in [0.15, 0.2) is 11.8 Å². The highest BCUT2D eigenvalue weighted by molar-refractivity contribution is 6.70. The maximum absolute atomic E-state index is 11.9. The molecule has 0 aromatic rings. The molecule has 0 spiro atoms. The van der Waals surface area contributed by atoms with Crippen molar-refractivity contribution < 1.29 is 18.4 Å². The highest BCUT2D eigenvalue weighted by Crippen LogP contribution is 2.70. The minimum Gasteiger partial charge on any atom is -0.547 e. The van der Waals surface area contributed by atoms with E-state index in [9.17, 15) is 4.79 Å². The molecule has 0 N–H and O–H groups in total. The summed E-state index contributed by atoms with van der Waals surface area (Å²) < 4.78 is 18.7. The molecular weight excluding hydrogens is 517 g/mol. The molecule has 0 radical (unpaired) electrons. The zero-order valence-electron chi connectivity index (χ0n) is 27.8. The fourth-order valence-corrected chi connectivity index (χ4v) is 11.7. The van der Waals surface area contributed by atoms with Crippen molar-refractivity contribution in [2.24, 2.45) is 45.8 Å². The lowest BCUT2D eigenvalue weighted by Gasteiger charge is -2.62. The third-order valence-corrected chi connectivity index (χ3v) is 13.4. The van der Waals surface area contributed by atoms with Crippen molar-refractivity contribution in [1.82, 2.24) is 0 Å². The van der Waals surface area contributed by atoms with Crippen LogP contribution in [0.4, 0.5) is 0 Å². The number of allylic oxidation sites excluding steroid dienone is 2. The molecule has 226 valence electrons. The van der Waals surface area contributed by atoms with E-state index in [1.807, 2.05) is 0 Å². The summed E-state index contributed by atoms with van der Waals surface area (Å²) in [7, 11) is -1.91. The molecule has 0 aliphatic heterocycles. The Morgan fingerprint density at radius 3 is 2.18 bits per heavy atom. The Labute approximate surface area is 243 Å². The van der Waals surface area contributed by atoms with Gasteiger partial charge in [0.05, 0.1) is 12.9 Å². The third kappa shape index (κ3) is 6.74. The van der Waals surface area contributed by atoms with Crippen LogP contribution in [0, 0.1) is 45.8 Å². The van der Waals surface area contributed by atoms with Crippen LogP contribution in [0.3, 0.4) is 0 Å². The maximum Gasteiger partial charge on any atom is 0.305 e. The number of methoxy groups -OCH3 is 1. The lowest BCUT2D eigenvalue weighted by atomic mass is 9.43. The molecule has 0 aromatic carbocycles. The number of hydrogen-bond acceptors (Lipinski definition) is 4. The summed E-state index contributed by atoms with van der Waals surface area (Å²) in [6, 6.07) is 0. The molecule has 3 aliphatic rings. The molecular formula is C33H62O4Si2. The standard InChI is InChI=1S/C33H62O4Si2/c1-14-33(6)27-19-20-32(5)25(23(2)15-18-29(34)35-7)16-17-26(32)30(27)28(37-39(11,12)13)22-31(33,4)21-24(3)36-38(8,9)10/h22-27,30H,14-21H2,1-13H3/t23-,24-,25-,26?,27?,30+,31+,32-,33-/m1/s1. The van der Waals surface area contributed by atoms with Crippen molar-refractivity contribution in [3.8, 4) is 0 Å². The molecule has 0 aromatic heterocycles. The summed E-state index contributed by atoms with van der Waals surface area (Å²) in [6.45, 7) is 28.8. The molecule has 6 heteroatoms. The van der Waals surface area contributed by atoms with E-state index in [4.69, 9.17) is 13.6 Å². The summed E-state index contributed by atoms with van der Waals surface area (Å²) in [4.78, 5) is 11.9. The van der Waals surface area contributed by atoms with Crippen molar-refractivity contribution in [2.75, 3.05) is 7.11 Å². The van der Waals surface area contributed by atoms with E-state index in [-0.39, 0.29) is 22.9 Å². The smallest absolute Gasteiger partial charge is 0.305 e. The van der Waals surface area contributed by atoms with E-state index >= 15 is 0 Å². The summed E-state index contributed by atoms with van der Waals surface area (Å²) in [5.41, 5.74) is 0.544. The van der Waals surface area contributed by atoms with Crippen molar-refractivity contribution in [3.63, 3.8) is 0 Å². The monoisotopic (exact) mass is 578 g/mol.